The fourth-order valence-electron chi connectivity index (χ4n) is 5.03. The Morgan fingerprint density at radius 3 is 2.96 bits per heavy atom. The van der Waals surface area contributed by atoms with E-state index in [2.05, 4.69) is 30.9 Å². The first kappa shape index (κ1) is 14.8. The van der Waals surface area contributed by atoms with Crippen LogP contribution in [0.2, 0.25) is 0 Å². The first-order valence-electron chi connectivity index (χ1n) is 8.70. The summed E-state index contributed by atoms with van der Waals surface area (Å²) in [6, 6.07) is 10.6. The van der Waals surface area contributed by atoms with Crippen LogP contribution in [0.5, 0.6) is 5.75 Å². The number of hydrogen-bond donors (Lipinski definition) is 1. The Hall–Kier alpha value is -1.74. The number of phenolic OH excluding ortho intramolecular Hbond substituents is 1. The summed E-state index contributed by atoms with van der Waals surface area (Å²) >= 11 is 0. The summed E-state index contributed by atoms with van der Waals surface area (Å²) < 4.78 is 5.58. The zero-order valence-corrected chi connectivity index (χ0v) is 14.0. The number of likely N-dealkylation sites (tertiary alicyclic amines) is 1. The van der Waals surface area contributed by atoms with Crippen molar-refractivity contribution < 1.29 is 9.52 Å². The molecule has 2 aromatic rings. The van der Waals surface area contributed by atoms with Crippen LogP contribution in [-0.4, -0.2) is 22.6 Å². The van der Waals surface area contributed by atoms with Gasteiger partial charge in [-0.3, -0.25) is 4.90 Å². The molecule has 1 N–H and O–H groups in total. The number of benzene rings is 1. The third-order valence-electron chi connectivity index (χ3n) is 6.19. The van der Waals surface area contributed by atoms with E-state index < -0.39 is 0 Å². The molecular formula is C20H25NO2. The lowest BCUT2D eigenvalue weighted by Gasteiger charge is -2.55. The smallest absolute Gasteiger partial charge is 0.117 e. The highest BCUT2D eigenvalue weighted by Gasteiger charge is 2.49. The first-order valence-corrected chi connectivity index (χ1v) is 8.70. The molecule has 1 aliphatic carbocycles. The second-order valence-electron chi connectivity index (χ2n) is 7.34. The van der Waals surface area contributed by atoms with Gasteiger partial charge < -0.3 is 9.52 Å². The van der Waals surface area contributed by atoms with Gasteiger partial charge in [0, 0.05) is 6.04 Å². The summed E-state index contributed by atoms with van der Waals surface area (Å²) in [6.45, 7) is 6.70. The van der Waals surface area contributed by atoms with Crippen molar-refractivity contribution in [2.75, 3.05) is 6.54 Å². The van der Waals surface area contributed by atoms with Crippen LogP contribution in [0.25, 0.3) is 0 Å². The minimum Gasteiger partial charge on any atom is -0.508 e. The summed E-state index contributed by atoms with van der Waals surface area (Å²) in [5, 5.41) is 9.96. The van der Waals surface area contributed by atoms with Crippen LogP contribution < -0.4 is 0 Å². The molecule has 23 heavy (non-hydrogen) atoms. The van der Waals surface area contributed by atoms with Crippen molar-refractivity contribution in [1.82, 2.24) is 4.90 Å². The topological polar surface area (TPSA) is 36.6 Å². The fourth-order valence-corrected chi connectivity index (χ4v) is 5.03. The molecule has 3 atom stereocenters. The van der Waals surface area contributed by atoms with Crippen LogP contribution in [0.3, 0.4) is 0 Å². The molecule has 122 valence electrons. The van der Waals surface area contributed by atoms with Gasteiger partial charge in [0.05, 0.1) is 12.8 Å². The van der Waals surface area contributed by atoms with E-state index in [1.54, 1.807) is 6.26 Å². The van der Waals surface area contributed by atoms with Gasteiger partial charge in [-0.1, -0.05) is 26.3 Å². The number of furan rings is 1. The summed E-state index contributed by atoms with van der Waals surface area (Å²) in [7, 11) is 0. The maximum Gasteiger partial charge on any atom is 0.117 e. The Morgan fingerprint density at radius 2 is 2.22 bits per heavy atom. The Bertz CT molecular complexity index is 694. The summed E-state index contributed by atoms with van der Waals surface area (Å²) in [6.07, 6.45) is 5.15. The zero-order chi connectivity index (χ0) is 16.0. The fraction of sp³-hybridized carbons (Fsp3) is 0.500. The highest BCUT2D eigenvalue weighted by Crippen LogP contribution is 2.50. The number of aromatic hydroxyl groups is 1. The summed E-state index contributed by atoms with van der Waals surface area (Å²) in [5.74, 6) is 2.08. The summed E-state index contributed by atoms with van der Waals surface area (Å²) in [4.78, 5) is 2.60. The van der Waals surface area contributed by atoms with Crippen molar-refractivity contribution in [3.63, 3.8) is 0 Å². The van der Waals surface area contributed by atoms with E-state index in [1.807, 2.05) is 18.2 Å². The lowest BCUT2D eigenvalue weighted by atomic mass is 9.57. The maximum atomic E-state index is 9.96. The Balaban J connectivity index is 1.72. The van der Waals surface area contributed by atoms with Crippen molar-refractivity contribution in [3.8, 4) is 5.75 Å². The molecule has 1 aliphatic heterocycles. The van der Waals surface area contributed by atoms with Gasteiger partial charge in [0.1, 0.15) is 11.5 Å². The van der Waals surface area contributed by atoms with E-state index in [0.29, 0.717) is 17.7 Å². The SMILES string of the molecule is CC[C@H]1C2Cc3ccc(O)cc3[C@@]1(C)CCN2Cc1ccco1. The molecule has 2 heterocycles. The van der Waals surface area contributed by atoms with Gasteiger partial charge in [0.15, 0.2) is 0 Å². The number of nitrogens with zero attached hydrogens (tertiary/aromatic N) is 1. The molecule has 1 aromatic heterocycles. The molecule has 1 aromatic carbocycles. The molecule has 2 aliphatic rings. The Kier molecular flexibility index (Phi) is 3.49. The summed E-state index contributed by atoms with van der Waals surface area (Å²) in [5.41, 5.74) is 2.95. The van der Waals surface area contributed by atoms with Gasteiger partial charge in [0.2, 0.25) is 0 Å². The van der Waals surface area contributed by atoms with Crippen LogP contribution in [-0.2, 0) is 18.4 Å². The van der Waals surface area contributed by atoms with Gasteiger partial charge in [0.25, 0.3) is 0 Å². The van der Waals surface area contributed by atoms with Crippen LogP contribution in [0.4, 0.5) is 0 Å². The van der Waals surface area contributed by atoms with Gasteiger partial charge in [-0.05, 0) is 66.1 Å². The second-order valence-corrected chi connectivity index (χ2v) is 7.34. The highest BCUT2D eigenvalue weighted by atomic mass is 16.3. The van der Waals surface area contributed by atoms with Crippen LogP contribution in [0.1, 0.15) is 43.6 Å². The molecule has 4 rings (SSSR count). The lowest BCUT2D eigenvalue weighted by Crippen LogP contribution is -2.58. The number of fused-ring (bicyclic) bond motifs is 4. The third kappa shape index (κ3) is 2.29. The van der Waals surface area contributed by atoms with Crippen LogP contribution >= 0.6 is 0 Å². The van der Waals surface area contributed by atoms with E-state index in [4.69, 9.17) is 4.42 Å². The highest BCUT2D eigenvalue weighted by molar-refractivity contribution is 5.44. The Morgan fingerprint density at radius 1 is 1.35 bits per heavy atom. The maximum absolute atomic E-state index is 9.96. The quantitative estimate of drug-likeness (QED) is 0.927. The standard InChI is InChI=1S/C20H25NO2/c1-3-17-19-11-14-6-7-15(22)12-18(14)20(17,2)8-9-21(19)13-16-5-4-10-23-16/h4-7,10,12,17,19,22H,3,8-9,11,13H2,1-2H3/t17-,19?,20-/m0/s1. The average Bonchev–Trinajstić information content (AvgIpc) is 3.04. The number of piperidine rings is 1. The van der Waals surface area contributed by atoms with E-state index in [9.17, 15) is 5.11 Å². The molecule has 0 spiro atoms. The van der Waals surface area contributed by atoms with E-state index >= 15 is 0 Å². The van der Waals surface area contributed by atoms with Gasteiger partial charge >= 0.3 is 0 Å². The zero-order valence-electron chi connectivity index (χ0n) is 14.0. The van der Waals surface area contributed by atoms with E-state index in [-0.39, 0.29) is 5.41 Å². The Labute approximate surface area is 137 Å². The molecule has 0 radical (unpaired) electrons. The largest absolute Gasteiger partial charge is 0.508 e. The van der Waals surface area contributed by atoms with Gasteiger partial charge in [-0.15, -0.1) is 0 Å². The second kappa shape index (κ2) is 5.41. The van der Waals surface area contributed by atoms with Gasteiger partial charge in [-0.25, -0.2) is 0 Å². The normalized spacial score (nSPS) is 30.2. The van der Waals surface area contributed by atoms with E-state index in [1.165, 1.54) is 17.5 Å². The van der Waals surface area contributed by atoms with Crippen LogP contribution in [0.15, 0.2) is 41.0 Å². The van der Waals surface area contributed by atoms with Crippen molar-refractivity contribution in [3.05, 3.63) is 53.5 Å². The third-order valence-corrected chi connectivity index (χ3v) is 6.19. The molecule has 1 fully saturated rings. The van der Waals surface area contributed by atoms with E-state index in [0.717, 1.165) is 31.7 Å². The van der Waals surface area contributed by atoms with Crippen molar-refractivity contribution in [2.45, 2.75) is 51.1 Å². The molecule has 0 saturated carbocycles. The molecule has 1 saturated heterocycles. The first-order chi connectivity index (χ1) is 11.1. The monoisotopic (exact) mass is 311 g/mol. The average molecular weight is 311 g/mol. The predicted octanol–water partition coefficient (Wildman–Crippen LogP) is 4.10. The molecule has 1 unspecified atom stereocenters. The molecular weight excluding hydrogens is 286 g/mol. The van der Waals surface area contributed by atoms with Crippen molar-refractivity contribution in [1.29, 1.82) is 0 Å². The molecule has 3 nitrogen and oxygen atoms in total. The lowest BCUT2D eigenvalue weighted by molar-refractivity contribution is 0.0107. The molecule has 3 heteroatoms. The number of hydrogen-bond acceptors (Lipinski definition) is 3. The van der Waals surface area contributed by atoms with Crippen LogP contribution in [0, 0.1) is 5.92 Å². The molecule has 0 amide bonds. The predicted molar refractivity (Wildman–Crippen MR) is 90.5 cm³/mol. The minimum atomic E-state index is 0.172. The minimum absolute atomic E-state index is 0.172. The van der Waals surface area contributed by atoms with Crippen molar-refractivity contribution >= 4 is 0 Å². The number of phenols is 1. The van der Waals surface area contributed by atoms with Crippen molar-refractivity contribution in [2.24, 2.45) is 5.92 Å². The van der Waals surface area contributed by atoms with Gasteiger partial charge in [-0.2, -0.15) is 0 Å². The number of rotatable bonds is 3. The molecule has 2 bridgehead atoms.